The van der Waals surface area contributed by atoms with Crippen molar-refractivity contribution in [3.63, 3.8) is 0 Å². The third-order valence-corrected chi connectivity index (χ3v) is 4.81. The van der Waals surface area contributed by atoms with Gasteiger partial charge in [0.15, 0.2) is 5.65 Å². The first-order chi connectivity index (χ1) is 12.6. The summed E-state index contributed by atoms with van der Waals surface area (Å²) in [6, 6.07) is 3.33. The molecule has 9 heteroatoms. The second kappa shape index (κ2) is 6.83. The molecule has 0 bridgehead atoms. The van der Waals surface area contributed by atoms with E-state index in [4.69, 9.17) is 0 Å². The van der Waals surface area contributed by atoms with Gasteiger partial charge in [-0.25, -0.2) is 14.6 Å². The van der Waals surface area contributed by atoms with Crippen molar-refractivity contribution in [3.8, 4) is 0 Å². The molecule has 9 nitrogen and oxygen atoms in total. The van der Waals surface area contributed by atoms with Crippen LogP contribution in [0.25, 0.3) is 11.0 Å². The molecule has 4 rings (SSSR count). The van der Waals surface area contributed by atoms with Gasteiger partial charge in [-0.1, -0.05) is 0 Å². The summed E-state index contributed by atoms with van der Waals surface area (Å²) in [5, 5.41) is 9.56. The molecule has 0 amide bonds. The number of aromatic nitrogens is 6. The second-order valence-electron chi connectivity index (χ2n) is 6.57. The van der Waals surface area contributed by atoms with Gasteiger partial charge in [0, 0.05) is 45.8 Å². The summed E-state index contributed by atoms with van der Waals surface area (Å²) in [4.78, 5) is 25.3. The Labute approximate surface area is 150 Å². The number of hydrogen-bond donors (Lipinski definition) is 0. The number of piperazine rings is 1. The molecule has 1 saturated heterocycles. The average Bonchev–Trinajstić information content (AvgIpc) is 3.04. The molecule has 3 aromatic heterocycles. The molecule has 3 aromatic rings. The Morgan fingerprint density at radius 2 is 1.88 bits per heavy atom. The molecule has 0 aliphatic carbocycles. The largest absolute Gasteiger partial charge is 0.353 e. The van der Waals surface area contributed by atoms with Crippen LogP contribution in [0.5, 0.6) is 0 Å². The van der Waals surface area contributed by atoms with Crippen molar-refractivity contribution < 1.29 is 0 Å². The van der Waals surface area contributed by atoms with Crippen LogP contribution in [0, 0.1) is 6.92 Å². The van der Waals surface area contributed by atoms with E-state index in [1.54, 1.807) is 27.8 Å². The molecule has 1 aliphatic rings. The summed E-state index contributed by atoms with van der Waals surface area (Å²) in [6.07, 6.45) is 3.43. The van der Waals surface area contributed by atoms with Crippen LogP contribution in [0.15, 0.2) is 29.5 Å². The minimum Gasteiger partial charge on any atom is -0.353 e. The van der Waals surface area contributed by atoms with Gasteiger partial charge >= 0.3 is 0 Å². The number of anilines is 1. The van der Waals surface area contributed by atoms with E-state index in [-0.39, 0.29) is 5.56 Å². The van der Waals surface area contributed by atoms with Crippen molar-refractivity contribution in [2.24, 2.45) is 7.05 Å². The van der Waals surface area contributed by atoms with Gasteiger partial charge in [-0.05, 0) is 13.0 Å². The molecule has 0 radical (unpaired) electrons. The van der Waals surface area contributed by atoms with Gasteiger partial charge in [0.25, 0.3) is 5.56 Å². The highest BCUT2D eigenvalue weighted by Gasteiger charge is 2.21. The highest BCUT2D eigenvalue weighted by atomic mass is 16.1. The lowest BCUT2D eigenvalue weighted by molar-refractivity contribution is 0.242. The lowest BCUT2D eigenvalue weighted by atomic mass is 10.2. The van der Waals surface area contributed by atoms with Crippen LogP contribution in [-0.2, 0) is 13.6 Å². The van der Waals surface area contributed by atoms with Crippen LogP contribution < -0.4 is 10.5 Å². The molecule has 4 heterocycles. The molecular formula is C17H22N8O. The first-order valence-electron chi connectivity index (χ1n) is 8.76. The molecule has 0 N–H and O–H groups in total. The van der Waals surface area contributed by atoms with E-state index in [0.29, 0.717) is 6.54 Å². The number of fused-ring (bicyclic) bond motifs is 1. The zero-order valence-corrected chi connectivity index (χ0v) is 15.0. The van der Waals surface area contributed by atoms with Crippen molar-refractivity contribution >= 4 is 16.9 Å². The molecule has 0 aromatic carbocycles. The third-order valence-electron chi connectivity index (χ3n) is 4.81. The molecule has 136 valence electrons. The SMILES string of the molecule is Cc1ccc(=O)n(CCN2CCN(c3ncnc4c3cnn4C)CC2)n1. The van der Waals surface area contributed by atoms with Gasteiger partial charge in [0.05, 0.1) is 23.8 Å². The monoisotopic (exact) mass is 354 g/mol. The molecule has 0 atom stereocenters. The predicted octanol–water partition coefficient (Wildman–Crippen LogP) is 0.0506. The van der Waals surface area contributed by atoms with Crippen LogP contribution in [0.4, 0.5) is 5.82 Å². The topological polar surface area (TPSA) is 85.0 Å². The molecule has 1 aliphatic heterocycles. The Morgan fingerprint density at radius 3 is 2.69 bits per heavy atom. The Balaban J connectivity index is 1.39. The Morgan fingerprint density at radius 1 is 1.08 bits per heavy atom. The van der Waals surface area contributed by atoms with Gasteiger partial charge in [-0.3, -0.25) is 14.4 Å². The van der Waals surface area contributed by atoms with E-state index in [1.807, 2.05) is 20.2 Å². The number of rotatable bonds is 4. The summed E-state index contributed by atoms with van der Waals surface area (Å²) in [5.41, 5.74) is 1.66. The molecule has 1 fully saturated rings. The van der Waals surface area contributed by atoms with E-state index < -0.39 is 0 Å². The van der Waals surface area contributed by atoms with E-state index in [1.165, 1.54) is 0 Å². The fourth-order valence-corrected chi connectivity index (χ4v) is 3.33. The van der Waals surface area contributed by atoms with Gasteiger partial charge in [0.1, 0.15) is 12.1 Å². The fourth-order valence-electron chi connectivity index (χ4n) is 3.33. The first-order valence-corrected chi connectivity index (χ1v) is 8.76. The Hall–Kier alpha value is -2.81. The number of aryl methyl sites for hydroxylation is 2. The molecule has 0 spiro atoms. The smallest absolute Gasteiger partial charge is 0.266 e. The van der Waals surface area contributed by atoms with Gasteiger partial charge in [-0.2, -0.15) is 10.2 Å². The summed E-state index contributed by atoms with van der Waals surface area (Å²) in [5.74, 6) is 0.944. The van der Waals surface area contributed by atoms with E-state index in [9.17, 15) is 4.79 Å². The lowest BCUT2D eigenvalue weighted by Crippen LogP contribution is -2.48. The fraction of sp³-hybridized carbons (Fsp3) is 0.471. The molecule has 26 heavy (non-hydrogen) atoms. The molecule has 0 saturated carbocycles. The maximum Gasteiger partial charge on any atom is 0.266 e. The summed E-state index contributed by atoms with van der Waals surface area (Å²) in [6.45, 7) is 6.94. The normalized spacial score (nSPS) is 15.7. The maximum atomic E-state index is 11.9. The quantitative estimate of drug-likeness (QED) is 0.654. The van der Waals surface area contributed by atoms with Crippen LogP contribution >= 0.6 is 0 Å². The van der Waals surface area contributed by atoms with E-state index in [0.717, 1.165) is 55.3 Å². The standard InChI is InChI=1S/C17H22N8O/c1-13-3-4-15(26)25(21-13)10-7-23-5-8-24(9-6-23)17-14-11-20-22(2)16(14)18-12-19-17/h3-4,11-12H,5-10H2,1-2H3. The summed E-state index contributed by atoms with van der Waals surface area (Å²) in [7, 11) is 1.89. The van der Waals surface area contributed by atoms with Crippen molar-refractivity contribution in [1.29, 1.82) is 0 Å². The van der Waals surface area contributed by atoms with Crippen LogP contribution in [0.3, 0.4) is 0 Å². The lowest BCUT2D eigenvalue weighted by Gasteiger charge is -2.35. The minimum absolute atomic E-state index is 0.0470. The molecule has 0 unspecified atom stereocenters. The Kier molecular flexibility index (Phi) is 4.37. The van der Waals surface area contributed by atoms with E-state index in [2.05, 4.69) is 30.0 Å². The zero-order chi connectivity index (χ0) is 18.1. The summed E-state index contributed by atoms with van der Waals surface area (Å²) < 4.78 is 3.31. The van der Waals surface area contributed by atoms with E-state index >= 15 is 0 Å². The van der Waals surface area contributed by atoms with Crippen LogP contribution in [-0.4, -0.2) is 67.2 Å². The van der Waals surface area contributed by atoms with Crippen molar-refractivity contribution in [2.75, 3.05) is 37.6 Å². The highest BCUT2D eigenvalue weighted by molar-refractivity contribution is 5.86. The van der Waals surface area contributed by atoms with Crippen LogP contribution in [0.1, 0.15) is 5.69 Å². The predicted molar refractivity (Wildman–Crippen MR) is 98.2 cm³/mol. The first kappa shape index (κ1) is 16.6. The minimum atomic E-state index is -0.0470. The Bertz CT molecular complexity index is 970. The van der Waals surface area contributed by atoms with Crippen molar-refractivity contribution in [2.45, 2.75) is 13.5 Å². The van der Waals surface area contributed by atoms with Crippen molar-refractivity contribution in [1.82, 2.24) is 34.4 Å². The van der Waals surface area contributed by atoms with Gasteiger partial charge in [0.2, 0.25) is 0 Å². The average molecular weight is 354 g/mol. The second-order valence-corrected chi connectivity index (χ2v) is 6.57. The molecular weight excluding hydrogens is 332 g/mol. The van der Waals surface area contributed by atoms with Gasteiger partial charge < -0.3 is 4.90 Å². The van der Waals surface area contributed by atoms with Gasteiger partial charge in [-0.15, -0.1) is 0 Å². The number of hydrogen-bond acceptors (Lipinski definition) is 7. The van der Waals surface area contributed by atoms with Crippen LogP contribution in [0.2, 0.25) is 0 Å². The maximum absolute atomic E-state index is 11.9. The highest BCUT2D eigenvalue weighted by Crippen LogP contribution is 2.23. The summed E-state index contributed by atoms with van der Waals surface area (Å²) >= 11 is 0. The zero-order valence-electron chi connectivity index (χ0n) is 15.0. The third kappa shape index (κ3) is 3.17. The van der Waals surface area contributed by atoms with Crippen molar-refractivity contribution in [3.05, 3.63) is 40.7 Å². The number of nitrogens with zero attached hydrogens (tertiary/aromatic N) is 8.